The number of nitrogens with zero attached hydrogens (tertiary/aromatic N) is 2. The van der Waals surface area contributed by atoms with Crippen LogP contribution in [0.25, 0.3) is 5.69 Å². The number of nitrogens with one attached hydrogen (secondary N) is 1. The number of rotatable bonds is 2. The molecular formula is C21H16BrCl2N3O2S. The number of amides is 1. The molecule has 0 spiro atoms. The van der Waals surface area contributed by atoms with Gasteiger partial charge < -0.3 is 9.88 Å². The van der Waals surface area contributed by atoms with Crippen molar-refractivity contribution in [3.8, 4) is 5.69 Å². The lowest BCUT2D eigenvalue weighted by molar-refractivity contribution is 0.0653. The number of H-pyrrole nitrogens is 1. The summed E-state index contributed by atoms with van der Waals surface area (Å²) in [5, 5.41) is 0.715. The molecule has 1 N–H and O–H groups in total. The van der Waals surface area contributed by atoms with Crippen LogP contribution in [0, 0.1) is 4.77 Å². The van der Waals surface area contributed by atoms with Gasteiger partial charge in [0.25, 0.3) is 11.5 Å². The van der Waals surface area contributed by atoms with Crippen LogP contribution in [-0.4, -0.2) is 26.4 Å². The Morgan fingerprint density at radius 2 is 1.87 bits per heavy atom. The maximum Gasteiger partial charge on any atom is 0.262 e. The first-order valence-electron chi connectivity index (χ1n) is 9.15. The quantitative estimate of drug-likeness (QED) is 0.447. The highest BCUT2D eigenvalue weighted by Crippen LogP contribution is 2.26. The fourth-order valence-electron chi connectivity index (χ4n) is 3.59. The number of aromatic nitrogens is 2. The average Bonchev–Trinajstić information content (AvgIpc) is 2.71. The largest absolute Gasteiger partial charge is 0.333 e. The number of hydrogen-bond acceptors (Lipinski definition) is 3. The molecule has 0 saturated heterocycles. The van der Waals surface area contributed by atoms with Crippen molar-refractivity contribution < 1.29 is 4.79 Å². The van der Waals surface area contributed by atoms with Crippen LogP contribution in [-0.2, 0) is 13.0 Å². The van der Waals surface area contributed by atoms with Gasteiger partial charge in [-0.15, -0.1) is 0 Å². The molecule has 154 valence electrons. The van der Waals surface area contributed by atoms with Crippen molar-refractivity contribution >= 4 is 57.3 Å². The molecular weight excluding hydrogens is 509 g/mol. The summed E-state index contributed by atoms with van der Waals surface area (Å²) in [6.45, 7) is 2.18. The minimum Gasteiger partial charge on any atom is -0.333 e. The smallest absolute Gasteiger partial charge is 0.262 e. The van der Waals surface area contributed by atoms with Crippen molar-refractivity contribution in [2.45, 2.75) is 25.9 Å². The van der Waals surface area contributed by atoms with Crippen molar-refractivity contribution in [1.29, 1.82) is 0 Å². The third-order valence-electron chi connectivity index (χ3n) is 5.16. The molecule has 1 amide bonds. The molecule has 1 aliphatic rings. The summed E-state index contributed by atoms with van der Waals surface area (Å²) in [6, 6.07) is 12.0. The van der Waals surface area contributed by atoms with Gasteiger partial charge in [-0.25, -0.2) is 0 Å². The van der Waals surface area contributed by atoms with Crippen molar-refractivity contribution in [2.24, 2.45) is 0 Å². The van der Waals surface area contributed by atoms with Gasteiger partial charge in [-0.3, -0.25) is 14.2 Å². The van der Waals surface area contributed by atoms with E-state index in [1.165, 1.54) is 4.57 Å². The predicted octanol–water partition coefficient (Wildman–Crippen LogP) is 5.55. The molecule has 0 saturated carbocycles. The van der Waals surface area contributed by atoms with Crippen molar-refractivity contribution in [3.63, 3.8) is 0 Å². The highest BCUT2D eigenvalue weighted by atomic mass is 79.9. The van der Waals surface area contributed by atoms with E-state index in [4.69, 9.17) is 35.4 Å². The number of fused-ring (bicyclic) bond motifs is 1. The van der Waals surface area contributed by atoms with E-state index in [1.807, 2.05) is 31.2 Å². The Balaban J connectivity index is 1.72. The molecule has 1 aliphatic heterocycles. The predicted molar refractivity (Wildman–Crippen MR) is 124 cm³/mol. The van der Waals surface area contributed by atoms with Gasteiger partial charge in [0.2, 0.25) is 0 Å². The zero-order chi connectivity index (χ0) is 21.6. The Morgan fingerprint density at radius 1 is 1.17 bits per heavy atom. The summed E-state index contributed by atoms with van der Waals surface area (Å²) in [5.74, 6) is -0.178. The fourth-order valence-corrected chi connectivity index (χ4v) is 4.46. The number of benzene rings is 2. The lowest BCUT2D eigenvalue weighted by Crippen LogP contribution is -2.45. The molecule has 5 nitrogen and oxygen atoms in total. The van der Waals surface area contributed by atoms with E-state index in [0.717, 1.165) is 4.47 Å². The summed E-state index contributed by atoms with van der Waals surface area (Å²) >= 11 is 20.9. The monoisotopic (exact) mass is 523 g/mol. The molecule has 0 radical (unpaired) electrons. The van der Waals surface area contributed by atoms with Crippen LogP contribution in [0.15, 0.2) is 51.7 Å². The second kappa shape index (κ2) is 8.30. The Labute approximate surface area is 196 Å². The first-order chi connectivity index (χ1) is 14.3. The van der Waals surface area contributed by atoms with E-state index in [2.05, 4.69) is 20.9 Å². The molecule has 1 atom stereocenters. The van der Waals surface area contributed by atoms with Crippen LogP contribution < -0.4 is 5.56 Å². The molecule has 0 unspecified atom stereocenters. The van der Waals surface area contributed by atoms with E-state index in [0.29, 0.717) is 39.0 Å². The summed E-state index contributed by atoms with van der Waals surface area (Å²) in [7, 11) is 0. The normalized spacial score (nSPS) is 15.7. The first-order valence-corrected chi connectivity index (χ1v) is 11.1. The maximum atomic E-state index is 13.2. The highest BCUT2D eigenvalue weighted by molar-refractivity contribution is 9.10. The van der Waals surface area contributed by atoms with Crippen LogP contribution in [0.1, 0.15) is 28.5 Å². The molecule has 3 aromatic rings. The van der Waals surface area contributed by atoms with Crippen LogP contribution >= 0.6 is 51.3 Å². The minimum absolute atomic E-state index is 0.162. The number of carbonyl (C=O) groups excluding carboxylic acids is 1. The summed E-state index contributed by atoms with van der Waals surface area (Å²) in [4.78, 5) is 31.2. The molecule has 1 aromatic heterocycles. The first kappa shape index (κ1) is 21.3. The van der Waals surface area contributed by atoms with Gasteiger partial charge in [0.1, 0.15) is 0 Å². The number of halogens is 3. The van der Waals surface area contributed by atoms with Crippen LogP contribution in [0.2, 0.25) is 10.0 Å². The molecule has 30 heavy (non-hydrogen) atoms. The van der Waals surface area contributed by atoms with Gasteiger partial charge >= 0.3 is 0 Å². The Kier molecular flexibility index (Phi) is 5.90. The van der Waals surface area contributed by atoms with Crippen LogP contribution in [0.3, 0.4) is 0 Å². The molecule has 9 heteroatoms. The molecule has 4 rings (SSSR count). The van der Waals surface area contributed by atoms with E-state index < -0.39 is 0 Å². The van der Waals surface area contributed by atoms with Crippen molar-refractivity contribution in [1.82, 2.24) is 14.5 Å². The topological polar surface area (TPSA) is 58.1 Å². The SMILES string of the molecule is C[C@@H]1Cc2c([nH]c(=S)n(-c3ccc(Br)cc3)c2=O)CN1C(=O)c1ccc(Cl)c(Cl)c1. The second-order valence-electron chi connectivity index (χ2n) is 7.12. The zero-order valence-corrected chi connectivity index (χ0v) is 19.7. The van der Waals surface area contributed by atoms with Gasteiger partial charge in [-0.1, -0.05) is 39.1 Å². The Hall–Kier alpha value is -1.93. The van der Waals surface area contributed by atoms with Crippen LogP contribution in [0.5, 0.6) is 0 Å². The molecule has 2 heterocycles. The van der Waals surface area contributed by atoms with E-state index in [1.54, 1.807) is 23.1 Å². The summed E-state index contributed by atoms with van der Waals surface area (Å²) in [5.41, 5.74) is 2.27. The summed E-state index contributed by atoms with van der Waals surface area (Å²) in [6.07, 6.45) is 0.421. The van der Waals surface area contributed by atoms with Gasteiger partial charge in [0, 0.05) is 27.3 Å². The van der Waals surface area contributed by atoms with E-state index in [-0.39, 0.29) is 28.8 Å². The molecule has 2 aromatic carbocycles. The fraction of sp³-hybridized carbons (Fsp3) is 0.190. The highest BCUT2D eigenvalue weighted by Gasteiger charge is 2.30. The number of carbonyl (C=O) groups is 1. The standard InChI is InChI=1S/C21H16BrCl2N3O2S/c1-11-8-15-18(10-26(11)19(28)12-2-7-16(23)17(24)9-12)25-21(30)27(20(15)29)14-5-3-13(22)4-6-14/h2-7,9,11H,8,10H2,1H3,(H,25,30)/t11-/m1/s1. The Bertz CT molecular complexity index is 1270. The lowest BCUT2D eigenvalue weighted by atomic mass is 9.98. The average molecular weight is 525 g/mol. The van der Waals surface area contributed by atoms with Gasteiger partial charge in [0.05, 0.1) is 22.3 Å². The van der Waals surface area contributed by atoms with Gasteiger partial charge in [-0.2, -0.15) is 0 Å². The Morgan fingerprint density at radius 3 is 2.53 bits per heavy atom. The maximum absolute atomic E-state index is 13.2. The van der Waals surface area contributed by atoms with Gasteiger partial charge in [0.15, 0.2) is 4.77 Å². The third kappa shape index (κ3) is 3.87. The molecule has 0 bridgehead atoms. The van der Waals surface area contributed by atoms with E-state index in [9.17, 15) is 9.59 Å². The number of aromatic amines is 1. The molecule has 0 fully saturated rings. The lowest BCUT2D eigenvalue weighted by Gasteiger charge is -2.34. The van der Waals surface area contributed by atoms with Crippen LogP contribution in [0.4, 0.5) is 0 Å². The van der Waals surface area contributed by atoms with Gasteiger partial charge in [-0.05, 0) is 68.0 Å². The third-order valence-corrected chi connectivity index (χ3v) is 6.71. The minimum atomic E-state index is -0.178. The second-order valence-corrected chi connectivity index (χ2v) is 9.24. The summed E-state index contributed by atoms with van der Waals surface area (Å²) < 4.78 is 2.69. The van der Waals surface area contributed by atoms with Crippen molar-refractivity contribution in [2.75, 3.05) is 0 Å². The number of hydrogen-bond donors (Lipinski definition) is 1. The molecule has 0 aliphatic carbocycles. The zero-order valence-electron chi connectivity index (χ0n) is 15.8. The van der Waals surface area contributed by atoms with E-state index >= 15 is 0 Å². The van der Waals surface area contributed by atoms with Crippen molar-refractivity contribution in [3.05, 3.63) is 88.9 Å².